The van der Waals surface area contributed by atoms with Gasteiger partial charge in [0.1, 0.15) is 5.75 Å². The van der Waals surface area contributed by atoms with Crippen LogP contribution >= 0.6 is 0 Å². The van der Waals surface area contributed by atoms with Crippen molar-refractivity contribution in [1.29, 1.82) is 0 Å². The van der Waals surface area contributed by atoms with E-state index in [-0.39, 0.29) is 6.04 Å². The normalized spacial score (nSPS) is 15.2. The standard InChI is InChI=1S/C30H24N2O/c1-33-24-16-17-26-27(20-31-28(26)19-24)30-25-15-9-8-12-22(25)18-29(21-10-4-2-5-11-21)32(30)23-13-6-3-7-14-23/h2-20,30-31H,1H3. The summed E-state index contributed by atoms with van der Waals surface area (Å²) in [4.78, 5) is 5.95. The van der Waals surface area contributed by atoms with Crippen molar-refractivity contribution < 1.29 is 4.74 Å². The van der Waals surface area contributed by atoms with Crippen LogP contribution in [0.3, 0.4) is 0 Å². The van der Waals surface area contributed by atoms with Crippen LogP contribution in [-0.4, -0.2) is 12.1 Å². The van der Waals surface area contributed by atoms with Crippen LogP contribution < -0.4 is 9.64 Å². The van der Waals surface area contributed by atoms with E-state index in [0.29, 0.717) is 0 Å². The number of nitrogens with one attached hydrogen (secondary N) is 1. The largest absolute Gasteiger partial charge is 0.497 e. The third kappa shape index (κ3) is 3.30. The van der Waals surface area contributed by atoms with Gasteiger partial charge in [-0.2, -0.15) is 0 Å². The van der Waals surface area contributed by atoms with Gasteiger partial charge in [0.2, 0.25) is 0 Å². The minimum atomic E-state index is 0.0194. The van der Waals surface area contributed by atoms with Crippen molar-refractivity contribution >= 4 is 28.4 Å². The number of hydrogen-bond acceptors (Lipinski definition) is 2. The Bertz CT molecular complexity index is 1450. The molecule has 5 aromatic rings. The van der Waals surface area contributed by atoms with Crippen LogP contribution in [0.4, 0.5) is 5.69 Å². The van der Waals surface area contributed by atoms with Crippen LogP contribution in [0, 0.1) is 0 Å². The molecule has 4 aromatic carbocycles. The van der Waals surface area contributed by atoms with Crippen molar-refractivity contribution in [2.75, 3.05) is 12.0 Å². The predicted molar refractivity (Wildman–Crippen MR) is 136 cm³/mol. The fourth-order valence-corrected chi connectivity index (χ4v) is 4.88. The lowest BCUT2D eigenvalue weighted by molar-refractivity contribution is 0.415. The van der Waals surface area contributed by atoms with Gasteiger partial charge in [-0.3, -0.25) is 0 Å². The Morgan fingerprint density at radius 3 is 2.27 bits per heavy atom. The molecule has 3 heteroatoms. The number of rotatable bonds is 4. The van der Waals surface area contributed by atoms with Crippen LogP contribution in [0.1, 0.15) is 28.3 Å². The smallest absolute Gasteiger partial charge is 0.120 e. The maximum absolute atomic E-state index is 5.46. The van der Waals surface area contributed by atoms with E-state index in [0.717, 1.165) is 17.0 Å². The summed E-state index contributed by atoms with van der Waals surface area (Å²) in [6.45, 7) is 0. The molecule has 0 saturated carbocycles. The molecule has 0 saturated heterocycles. The highest BCUT2D eigenvalue weighted by Crippen LogP contribution is 2.46. The molecule has 1 aliphatic rings. The number of anilines is 1. The lowest BCUT2D eigenvalue weighted by atomic mass is 9.87. The van der Waals surface area contributed by atoms with Crippen molar-refractivity contribution in [1.82, 2.24) is 4.98 Å². The van der Waals surface area contributed by atoms with Gasteiger partial charge < -0.3 is 14.6 Å². The van der Waals surface area contributed by atoms with Crippen LogP contribution in [0.5, 0.6) is 5.75 Å². The molecule has 0 amide bonds. The summed E-state index contributed by atoms with van der Waals surface area (Å²) in [6.07, 6.45) is 4.46. The fourth-order valence-electron chi connectivity index (χ4n) is 4.88. The molecule has 2 heterocycles. The van der Waals surface area contributed by atoms with Gasteiger partial charge in [0.15, 0.2) is 0 Å². The Morgan fingerprint density at radius 2 is 1.48 bits per heavy atom. The number of para-hydroxylation sites is 1. The van der Waals surface area contributed by atoms with Gasteiger partial charge >= 0.3 is 0 Å². The molecule has 1 unspecified atom stereocenters. The molecule has 1 N–H and O–H groups in total. The zero-order valence-electron chi connectivity index (χ0n) is 18.4. The second-order valence-electron chi connectivity index (χ2n) is 8.29. The number of H-pyrrole nitrogens is 1. The van der Waals surface area contributed by atoms with Crippen molar-refractivity contribution in [2.45, 2.75) is 6.04 Å². The minimum Gasteiger partial charge on any atom is -0.497 e. The van der Waals surface area contributed by atoms with Crippen molar-refractivity contribution in [2.24, 2.45) is 0 Å². The van der Waals surface area contributed by atoms with E-state index in [1.807, 2.05) is 6.07 Å². The lowest BCUT2D eigenvalue weighted by Crippen LogP contribution is -2.31. The summed E-state index contributed by atoms with van der Waals surface area (Å²) < 4.78 is 5.46. The summed E-state index contributed by atoms with van der Waals surface area (Å²) >= 11 is 0. The highest BCUT2D eigenvalue weighted by molar-refractivity contribution is 5.96. The number of nitrogens with zero attached hydrogens (tertiary/aromatic N) is 1. The number of ether oxygens (including phenoxy) is 1. The Labute approximate surface area is 193 Å². The Hall–Kier alpha value is -4.24. The molecule has 0 radical (unpaired) electrons. The summed E-state index contributed by atoms with van der Waals surface area (Å²) in [5, 5.41) is 1.20. The first-order valence-corrected chi connectivity index (χ1v) is 11.2. The molecule has 0 spiro atoms. The first-order chi connectivity index (χ1) is 16.3. The second kappa shape index (κ2) is 8.03. The molecule has 1 aromatic heterocycles. The van der Waals surface area contributed by atoms with Gasteiger partial charge in [-0.15, -0.1) is 0 Å². The van der Waals surface area contributed by atoms with Crippen molar-refractivity contribution in [3.8, 4) is 5.75 Å². The number of aromatic nitrogens is 1. The molecule has 3 nitrogen and oxygen atoms in total. The average molecular weight is 429 g/mol. The van der Waals surface area contributed by atoms with E-state index >= 15 is 0 Å². The average Bonchev–Trinajstić information content (AvgIpc) is 3.31. The number of benzene rings is 4. The molecular formula is C30H24N2O. The van der Waals surface area contributed by atoms with Gasteiger partial charge in [0.05, 0.1) is 13.2 Å². The quantitative estimate of drug-likeness (QED) is 0.326. The number of aromatic amines is 1. The number of methoxy groups -OCH3 is 1. The van der Waals surface area contributed by atoms with Crippen molar-refractivity contribution in [3.63, 3.8) is 0 Å². The molecule has 0 fully saturated rings. The molecule has 1 atom stereocenters. The molecule has 0 bridgehead atoms. The van der Waals surface area contributed by atoms with Crippen LogP contribution in [0.15, 0.2) is 109 Å². The van der Waals surface area contributed by atoms with E-state index in [2.05, 4.69) is 119 Å². The van der Waals surface area contributed by atoms with E-state index in [1.54, 1.807) is 7.11 Å². The maximum atomic E-state index is 5.46. The predicted octanol–water partition coefficient (Wildman–Crippen LogP) is 7.28. The summed E-state index contributed by atoms with van der Waals surface area (Å²) in [7, 11) is 1.70. The summed E-state index contributed by atoms with van der Waals surface area (Å²) in [5.41, 5.74) is 8.40. The van der Waals surface area contributed by atoms with E-state index in [1.165, 1.54) is 33.3 Å². The maximum Gasteiger partial charge on any atom is 0.120 e. The van der Waals surface area contributed by atoms with Crippen LogP contribution in [0.2, 0.25) is 0 Å². The van der Waals surface area contributed by atoms with Gasteiger partial charge in [0, 0.05) is 40.1 Å². The highest BCUT2D eigenvalue weighted by Gasteiger charge is 2.33. The molecule has 1 aliphatic heterocycles. The first-order valence-electron chi connectivity index (χ1n) is 11.2. The molecular weight excluding hydrogens is 404 g/mol. The van der Waals surface area contributed by atoms with E-state index < -0.39 is 0 Å². The Morgan fingerprint density at radius 1 is 0.758 bits per heavy atom. The fraction of sp³-hybridized carbons (Fsp3) is 0.0667. The van der Waals surface area contributed by atoms with E-state index in [9.17, 15) is 0 Å². The third-order valence-electron chi connectivity index (χ3n) is 6.42. The molecule has 33 heavy (non-hydrogen) atoms. The lowest BCUT2D eigenvalue weighted by Gasteiger charge is -2.40. The van der Waals surface area contributed by atoms with Gasteiger partial charge in [-0.25, -0.2) is 0 Å². The highest BCUT2D eigenvalue weighted by atomic mass is 16.5. The Kier molecular flexibility index (Phi) is 4.73. The van der Waals surface area contributed by atoms with Gasteiger partial charge in [0.25, 0.3) is 0 Å². The number of fused-ring (bicyclic) bond motifs is 2. The topological polar surface area (TPSA) is 28.3 Å². The monoisotopic (exact) mass is 428 g/mol. The zero-order valence-corrected chi connectivity index (χ0v) is 18.4. The van der Waals surface area contributed by atoms with Crippen molar-refractivity contribution in [3.05, 3.63) is 132 Å². The summed E-state index contributed by atoms with van der Waals surface area (Å²) in [6, 6.07) is 36.3. The first kappa shape index (κ1) is 19.4. The SMILES string of the molecule is COc1ccc2c(C3c4ccccc4C=C(c4ccccc4)N3c3ccccc3)c[nH]c2c1. The summed E-state index contributed by atoms with van der Waals surface area (Å²) in [5.74, 6) is 0.852. The molecule has 0 aliphatic carbocycles. The van der Waals surface area contributed by atoms with Crippen LogP contribution in [-0.2, 0) is 0 Å². The Balaban J connectivity index is 1.63. The van der Waals surface area contributed by atoms with Gasteiger partial charge in [-0.1, -0.05) is 72.8 Å². The van der Waals surface area contributed by atoms with Gasteiger partial charge in [-0.05, 0) is 47.0 Å². The van der Waals surface area contributed by atoms with E-state index in [4.69, 9.17) is 4.74 Å². The molecule has 160 valence electrons. The second-order valence-corrected chi connectivity index (χ2v) is 8.29. The number of hydrogen-bond donors (Lipinski definition) is 1. The minimum absolute atomic E-state index is 0.0194. The third-order valence-corrected chi connectivity index (χ3v) is 6.42. The van der Waals surface area contributed by atoms with Crippen LogP contribution in [0.25, 0.3) is 22.7 Å². The zero-order chi connectivity index (χ0) is 22.2. The molecule has 6 rings (SSSR count).